The van der Waals surface area contributed by atoms with E-state index in [9.17, 15) is 4.79 Å². The van der Waals surface area contributed by atoms with Crippen molar-refractivity contribution < 1.29 is 19.0 Å². The molecule has 0 bridgehead atoms. The van der Waals surface area contributed by atoms with Gasteiger partial charge in [-0.3, -0.25) is 4.79 Å². The summed E-state index contributed by atoms with van der Waals surface area (Å²) in [6.45, 7) is 12.3. The Labute approximate surface area is 203 Å². The highest BCUT2D eigenvalue weighted by Gasteiger charge is 2.13. The molecule has 8 nitrogen and oxygen atoms in total. The highest BCUT2D eigenvalue weighted by Crippen LogP contribution is 2.16. The molecule has 0 heterocycles. The Hall–Kier alpha value is -1.59. The summed E-state index contributed by atoms with van der Waals surface area (Å²) < 4.78 is 16.1. The van der Waals surface area contributed by atoms with E-state index in [0.717, 1.165) is 17.9 Å². The number of benzene rings is 1. The molecular weight excluding hydrogens is 511 g/mol. The summed E-state index contributed by atoms with van der Waals surface area (Å²) in [5.74, 6) is 1.21. The van der Waals surface area contributed by atoms with Crippen LogP contribution >= 0.6 is 24.0 Å². The number of carbonyl (C=O) groups is 1. The molecule has 9 heteroatoms. The number of hydrogen-bond donors (Lipinski definition) is 3. The first-order valence-electron chi connectivity index (χ1n) is 10.4. The zero-order chi connectivity index (χ0) is 22.4. The molecule has 31 heavy (non-hydrogen) atoms. The van der Waals surface area contributed by atoms with Crippen LogP contribution in [0.2, 0.25) is 0 Å². The number of halogens is 1. The normalized spacial score (nSPS) is 11.6. The highest BCUT2D eigenvalue weighted by atomic mass is 127. The molecule has 0 aromatic heterocycles. The summed E-state index contributed by atoms with van der Waals surface area (Å²) in [6, 6.07) is 7.63. The molecule has 0 aliphatic rings. The lowest BCUT2D eigenvalue weighted by Gasteiger charge is -2.20. The van der Waals surface area contributed by atoms with Gasteiger partial charge in [-0.1, -0.05) is 0 Å². The quantitative estimate of drug-likeness (QED) is 0.160. The molecule has 0 saturated carbocycles. The van der Waals surface area contributed by atoms with Crippen LogP contribution in [0.3, 0.4) is 0 Å². The van der Waals surface area contributed by atoms with Gasteiger partial charge in [-0.2, -0.15) is 0 Å². The Bertz CT molecular complexity index is 646. The van der Waals surface area contributed by atoms with E-state index < -0.39 is 0 Å². The Balaban J connectivity index is 0.00000900. The Kier molecular flexibility index (Phi) is 15.3. The number of aliphatic imine (C=N–C) groups is 1. The molecule has 178 valence electrons. The second-order valence-electron chi connectivity index (χ2n) is 8.16. The van der Waals surface area contributed by atoms with Crippen LogP contribution in [0.15, 0.2) is 29.3 Å². The maximum atomic E-state index is 12.1. The van der Waals surface area contributed by atoms with E-state index in [2.05, 4.69) is 20.9 Å². The molecule has 0 radical (unpaired) electrons. The van der Waals surface area contributed by atoms with Crippen molar-refractivity contribution in [2.24, 2.45) is 4.99 Å². The highest BCUT2D eigenvalue weighted by molar-refractivity contribution is 14.0. The number of methoxy groups -OCH3 is 1. The van der Waals surface area contributed by atoms with Gasteiger partial charge in [0.25, 0.3) is 0 Å². The van der Waals surface area contributed by atoms with E-state index >= 15 is 0 Å². The smallest absolute Gasteiger partial charge is 0.242 e. The molecule has 0 aliphatic carbocycles. The van der Waals surface area contributed by atoms with Crippen molar-refractivity contribution in [3.05, 3.63) is 24.3 Å². The predicted molar refractivity (Wildman–Crippen MR) is 137 cm³/mol. The van der Waals surface area contributed by atoms with E-state index in [4.69, 9.17) is 14.2 Å². The summed E-state index contributed by atoms with van der Waals surface area (Å²) in [4.78, 5) is 16.5. The van der Waals surface area contributed by atoms with E-state index in [1.54, 1.807) is 7.11 Å². The first-order chi connectivity index (χ1) is 14.2. The van der Waals surface area contributed by atoms with Gasteiger partial charge in [0.15, 0.2) is 5.96 Å². The third-order valence-electron chi connectivity index (χ3n) is 3.57. The van der Waals surface area contributed by atoms with Gasteiger partial charge in [-0.25, -0.2) is 4.99 Å². The van der Waals surface area contributed by atoms with Crippen molar-refractivity contribution in [3.63, 3.8) is 0 Å². The van der Waals surface area contributed by atoms with Crippen LogP contribution in [0.1, 0.15) is 41.0 Å². The average Bonchev–Trinajstić information content (AvgIpc) is 2.65. The fourth-order valence-electron chi connectivity index (χ4n) is 2.40. The molecule has 1 aromatic rings. The van der Waals surface area contributed by atoms with E-state index in [1.807, 2.05) is 58.9 Å². The molecule has 1 amide bonds. The molecule has 0 atom stereocenters. The number of hydrogen-bond acceptors (Lipinski definition) is 5. The van der Waals surface area contributed by atoms with Crippen LogP contribution in [0, 0.1) is 0 Å². The monoisotopic (exact) mass is 550 g/mol. The summed E-state index contributed by atoms with van der Waals surface area (Å²) in [7, 11) is 1.65. The molecule has 0 unspecified atom stereocenters. The van der Waals surface area contributed by atoms with Crippen molar-refractivity contribution in [3.8, 4) is 5.75 Å². The summed E-state index contributed by atoms with van der Waals surface area (Å²) in [5.41, 5.74) is 0.560. The van der Waals surface area contributed by atoms with Gasteiger partial charge in [-0.15, -0.1) is 24.0 Å². The fourth-order valence-corrected chi connectivity index (χ4v) is 2.40. The number of nitrogens with one attached hydrogen (secondary N) is 3. The van der Waals surface area contributed by atoms with Gasteiger partial charge in [0, 0.05) is 31.5 Å². The number of nitrogens with zero attached hydrogens (tertiary/aromatic N) is 1. The summed E-state index contributed by atoms with van der Waals surface area (Å²) in [6.07, 6.45) is 0.926. The molecule has 0 spiro atoms. The zero-order valence-electron chi connectivity index (χ0n) is 19.6. The van der Waals surface area contributed by atoms with Crippen molar-refractivity contribution in [2.75, 3.05) is 45.3 Å². The molecule has 0 aliphatic heterocycles. The summed E-state index contributed by atoms with van der Waals surface area (Å²) in [5, 5.41) is 9.38. The number of carbonyl (C=O) groups excluding carboxylic acids is 1. The predicted octanol–water partition coefficient (Wildman–Crippen LogP) is 3.42. The number of rotatable bonds is 12. The van der Waals surface area contributed by atoms with Gasteiger partial charge in [0.2, 0.25) is 5.91 Å². The number of amides is 1. The van der Waals surface area contributed by atoms with Crippen LogP contribution in [-0.4, -0.2) is 63.5 Å². The summed E-state index contributed by atoms with van der Waals surface area (Å²) >= 11 is 0. The van der Waals surface area contributed by atoms with Crippen LogP contribution in [-0.2, 0) is 14.3 Å². The van der Waals surface area contributed by atoms with Crippen molar-refractivity contribution in [2.45, 2.75) is 52.7 Å². The lowest BCUT2D eigenvalue weighted by atomic mass is 10.1. The van der Waals surface area contributed by atoms with Crippen LogP contribution in [0.25, 0.3) is 0 Å². The minimum Gasteiger partial charge on any atom is -0.491 e. The topological polar surface area (TPSA) is 93.2 Å². The minimum atomic E-state index is -0.292. The molecule has 1 rings (SSSR count). The molecule has 3 N–H and O–H groups in total. The SMILES string of the molecule is COCCOCCCNC(=NCC(=O)NC(C)(C)C)Nc1ccc(OC(C)C)cc1.I. The molecular formula is C22H39IN4O4. The zero-order valence-corrected chi connectivity index (χ0v) is 21.9. The van der Waals surface area contributed by atoms with Crippen LogP contribution in [0.5, 0.6) is 5.75 Å². The van der Waals surface area contributed by atoms with Gasteiger partial charge < -0.3 is 30.2 Å². The average molecular weight is 550 g/mol. The maximum absolute atomic E-state index is 12.1. The van der Waals surface area contributed by atoms with Gasteiger partial charge in [0.05, 0.1) is 19.3 Å². The van der Waals surface area contributed by atoms with Crippen molar-refractivity contribution >= 4 is 41.5 Å². The molecule has 0 fully saturated rings. The Morgan fingerprint density at radius 3 is 2.35 bits per heavy atom. The van der Waals surface area contributed by atoms with Gasteiger partial charge in [0.1, 0.15) is 12.3 Å². The molecule has 1 aromatic carbocycles. The third kappa shape index (κ3) is 15.8. The van der Waals surface area contributed by atoms with Gasteiger partial charge in [-0.05, 0) is 65.3 Å². The van der Waals surface area contributed by atoms with Gasteiger partial charge >= 0.3 is 0 Å². The number of anilines is 1. The fraction of sp³-hybridized carbons (Fsp3) is 0.636. The second kappa shape index (κ2) is 16.1. The van der Waals surface area contributed by atoms with Crippen molar-refractivity contribution in [1.29, 1.82) is 0 Å². The van der Waals surface area contributed by atoms with Crippen LogP contribution in [0.4, 0.5) is 5.69 Å². The number of guanidine groups is 1. The lowest BCUT2D eigenvalue weighted by molar-refractivity contribution is -0.121. The van der Waals surface area contributed by atoms with E-state index in [-0.39, 0.29) is 48.1 Å². The number of ether oxygens (including phenoxy) is 3. The molecule has 0 saturated heterocycles. The van der Waals surface area contributed by atoms with Crippen LogP contribution < -0.4 is 20.7 Å². The van der Waals surface area contributed by atoms with Crippen molar-refractivity contribution in [1.82, 2.24) is 10.6 Å². The first kappa shape index (κ1) is 29.4. The lowest BCUT2D eigenvalue weighted by Crippen LogP contribution is -2.42. The first-order valence-corrected chi connectivity index (χ1v) is 10.4. The maximum Gasteiger partial charge on any atom is 0.242 e. The van der Waals surface area contributed by atoms with E-state index in [0.29, 0.717) is 32.3 Å². The Morgan fingerprint density at radius 2 is 1.77 bits per heavy atom. The largest absolute Gasteiger partial charge is 0.491 e. The van der Waals surface area contributed by atoms with E-state index in [1.165, 1.54) is 0 Å². The second-order valence-corrected chi connectivity index (χ2v) is 8.16. The minimum absolute atomic E-state index is 0. The standard InChI is InChI=1S/C22H38N4O4.HI/c1-17(2)30-19-10-8-18(9-11-19)25-21(23-12-7-13-29-15-14-28-6)24-16-20(27)26-22(3,4)5;/h8-11,17H,7,12-16H2,1-6H3,(H,26,27)(H2,23,24,25);1H. The Morgan fingerprint density at radius 1 is 1.10 bits per heavy atom. The third-order valence-corrected chi connectivity index (χ3v) is 3.57.